The van der Waals surface area contributed by atoms with E-state index in [0.717, 1.165) is 37.8 Å². The highest BCUT2D eigenvalue weighted by atomic mass is 35.5. The summed E-state index contributed by atoms with van der Waals surface area (Å²) in [5, 5.41) is 7.13. The van der Waals surface area contributed by atoms with E-state index in [1.165, 1.54) is 4.90 Å². The van der Waals surface area contributed by atoms with Crippen molar-refractivity contribution in [1.29, 1.82) is 0 Å². The van der Waals surface area contributed by atoms with Crippen molar-refractivity contribution < 1.29 is 32.0 Å². The van der Waals surface area contributed by atoms with Crippen LogP contribution >= 0.6 is 23.2 Å². The van der Waals surface area contributed by atoms with E-state index in [4.69, 9.17) is 32.4 Å². The van der Waals surface area contributed by atoms with Gasteiger partial charge in [0.15, 0.2) is 5.58 Å². The first-order valence-corrected chi connectivity index (χ1v) is 18.8. The van der Waals surface area contributed by atoms with Crippen LogP contribution in [0.15, 0.2) is 46.9 Å². The van der Waals surface area contributed by atoms with Crippen LogP contribution in [0, 0.1) is 5.92 Å². The van der Waals surface area contributed by atoms with Crippen LogP contribution in [0.5, 0.6) is 0 Å². The van der Waals surface area contributed by atoms with E-state index in [1.54, 1.807) is 37.3 Å². The number of halogens is 2. The number of carbonyl (C=O) groups is 3. The van der Waals surface area contributed by atoms with Crippen LogP contribution < -0.4 is 15.4 Å². The highest BCUT2D eigenvalue weighted by Gasteiger charge is 2.43. The summed E-state index contributed by atoms with van der Waals surface area (Å²) < 4.78 is 39.1. The molecule has 0 bridgehead atoms. The van der Waals surface area contributed by atoms with Gasteiger partial charge in [-0.3, -0.25) is 14.4 Å². The second kappa shape index (κ2) is 16.1. The Labute approximate surface area is 290 Å². The fourth-order valence-electron chi connectivity index (χ4n) is 6.25. The summed E-state index contributed by atoms with van der Waals surface area (Å²) in [5.41, 5.74) is 1.65. The van der Waals surface area contributed by atoms with E-state index in [2.05, 4.69) is 20.3 Å². The third-order valence-electron chi connectivity index (χ3n) is 8.83. The third-order valence-corrected chi connectivity index (χ3v) is 10.0. The number of carbonyl (C=O) groups excluding carboxylic acids is 3. The predicted molar refractivity (Wildman–Crippen MR) is 182 cm³/mol. The molecule has 3 N–H and O–H groups in total. The van der Waals surface area contributed by atoms with Crippen molar-refractivity contribution >= 4 is 61.9 Å². The normalized spacial score (nSPS) is 20.1. The molecule has 2 fully saturated rings. The van der Waals surface area contributed by atoms with Gasteiger partial charge < -0.3 is 24.7 Å². The Hall–Kier alpha value is -3.07. The van der Waals surface area contributed by atoms with Crippen LogP contribution in [0.25, 0.3) is 11.1 Å². The van der Waals surface area contributed by atoms with Gasteiger partial charge in [-0.1, -0.05) is 42.3 Å². The van der Waals surface area contributed by atoms with Crippen LogP contribution in [0.2, 0.25) is 10.0 Å². The number of nitrogens with zero attached hydrogens (tertiary/aromatic N) is 2. The first kappa shape index (κ1) is 36.2. The molecule has 5 rings (SSSR count). The van der Waals surface area contributed by atoms with E-state index < -0.39 is 51.9 Å². The summed E-state index contributed by atoms with van der Waals surface area (Å²) >= 11 is 12.1. The minimum absolute atomic E-state index is 0.0659. The fourth-order valence-corrected chi connectivity index (χ4v) is 7.27. The molecule has 1 aromatic heterocycles. The van der Waals surface area contributed by atoms with Crippen LogP contribution in [-0.4, -0.2) is 86.0 Å². The molecule has 0 saturated carbocycles. The maximum atomic E-state index is 14.1. The molecule has 2 aromatic carbocycles. The molecule has 0 spiro atoms. The van der Waals surface area contributed by atoms with Gasteiger partial charge >= 0.3 is 0 Å². The topological polar surface area (TPSA) is 160 Å². The zero-order valence-corrected chi connectivity index (χ0v) is 29.2. The number of benzene rings is 2. The summed E-state index contributed by atoms with van der Waals surface area (Å²) in [5.74, 6) is -1.41. The Morgan fingerprint density at radius 1 is 1.08 bits per heavy atom. The van der Waals surface area contributed by atoms with E-state index in [1.807, 2.05) is 12.1 Å². The zero-order valence-electron chi connectivity index (χ0n) is 26.9. The van der Waals surface area contributed by atoms with Gasteiger partial charge in [0.1, 0.15) is 17.6 Å². The Bertz CT molecular complexity index is 1710. The second-order valence-electron chi connectivity index (χ2n) is 12.5. The number of nitrogens with one attached hydrogen (secondary N) is 3. The summed E-state index contributed by atoms with van der Waals surface area (Å²) in [6.07, 6.45) is 3.69. The monoisotopic (exact) mass is 721 g/mol. The Balaban J connectivity index is 1.34. The van der Waals surface area contributed by atoms with Gasteiger partial charge in [0.2, 0.25) is 27.6 Å². The number of hydrogen-bond acceptors (Lipinski definition) is 9. The van der Waals surface area contributed by atoms with Crippen molar-refractivity contribution in [2.75, 3.05) is 25.9 Å². The molecule has 3 heterocycles. The average Bonchev–Trinajstić information content (AvgIpc) is 3.69. The van der Waals surface area contributed by atoms with Crippen molar-refractivity contribution in [1.82, 2.24) is 25.2 Å². The van der Waals surface area contributed by atoms with E-state index in [9.17, 15) is 22.8 Å². The standard InChI is InChI=1S/C33H41Cl2N5O7S/c1-3-25(30(41)32-38-27-16-23(35)9-11-29(27)47-32)37-31(42)28-17-24(46-19-21-4-7-22(34)8-5-21)18-40(28)33(43)26(39-48(2,44)45)10-6-20-12-14-36-15-13-20/h4-5,7-9,11,16,20,24-26,28,36,39H,3,6,10,12-15,17-19H2,1-2H3,(H,37,42)/t24-,25+,26-,28+/m1/s1. The maximum absolute atomic E-state index is 14.1. The average molecular weight is 723 g/mol. The molecule has 4 atom stereocenters. The molecule has 2 amide bonds. The van der Waals surface area contributed by atoms with E-state index in [0.29, 0.717) is 33.5 Å². The number of Topliss-reactive ketones (excluding diaryl/α,β-unsaturated/α-hetero) is 1. The molecule has 48 heavy (non-hydrogen) atoms. The molecule has 15 heteroatoms. The lowest BCUT2D eigenvalue weighted by Crippen LogP contribution is -2.55. The number of rotatable bonds is 14. The molecular formula is C33H41Cl2N5O7S. The van der Waals surface area contributed by atoms with Gasteiger partial charge in [0.05, 0.1) is 25.0 Å². The Morgan fingerprint density at radius 2 is 1.79 bits per heavy atom. The summed E-state index contributed by atoms with van der Waals surface area (Å²) in [6, 6.07) is 8.90. The first-order valence-electron chi connectivity index (χ1n) is 16.2. The lowest BCUT2D eigenvalue weighted by Gasteiger charge is -2.30. The number of oxazole rings is 1. The number of ketones is 1. The summed E-state index contributed by atoms with van der Waals surface area (Å²) in [4.78, 5) is 47.1. The molecule has 2 saturated heterocycles. The molecule has 0 unspecified atom stereocenters. The van der Waals surface area contributed by atoms with E-state index >= 15 is 0 Å². The number of ether oxygens (including phenoxy) is 1. The number of amides is 2. The smallest absolute Gasteiger partial charge is 0.266 e. The molecule has 12 nitrogen and oxygen atoms in total. The minimum atomic E-state index is -3.75. The Kier molecular flexibility index (Phi) is 12.1. The molecular weight excluding hydrogens is 681 g/mol. The summed E-state index contributed by atoms with van der Waals surface area (Å²) in [6.45, 7) is 3.77. The van der Waals surface area contributed by atoms with Gasteiger partial charge in [-0.15, -0.1) is 0 Å². The van der Waals surface area contributed by atoms with Crippen LogP contribution in [-0.2, 0) is 31.0 Å². The van der Waals surface area contributed by atoms with Crippen molar-refractivity contribution in [2.24, 2.45) is 5.92 Å². The zero-order chi connectivity index (χ0) is 34.4. The molecule has 0 radical (unpaired) electrons. The quantitative estimate of drug-likeness (QED) is 0.208. The van der Waals surface area contributed by atoms with Gasteiger partial charge in [-0.05, 0) is 87.0 Å². The number of aromatic nitrogens is 1. The van der Waals surface area contributed by atoms with Gasteiger partial charge in [0, 0.05) is 23.0 Å². The minimum Gasteiger partial charge on any atom is -0.434 e. The molecule has 2 aliphatic rings. The number of likely N-dealkylation sites (tertiary alicyclic amines) is 1. The fraction of sp³-hybridized carbons (Fsp3) is 0.515. The van der Waals surface area contributed by atoms with Gasteiger partial charge in [0.25, 0.3) is 5.89 Å². The highest BCUT2D eigenvalue weighted by Crippen LogP contribution is 2.27. The van der Waals surface area contributed by atoms with Crippen LogP contribution in [0.3, 0.4) is 0 Å². The second-order valence-corrected chi connectivity index (χ2v) is 15.1. The summed E-state index contributed by atoms with van der Waals surface area (Å²) in [7, 11) is -3.75. The molecule has 0 aliphatic carbocycles. The highest BCUT2D eigenvalue weighted by molar-refractivity contribution is 7.88. The first-order chi connectivity index (χ1) is 22.9. The predicted octanol–water partition coefficient (Wildman–Crippen LogP) is 4.10. The Morgan fingerprint density at radius 3 is 2.48 bits per heavy atom. The SMILES string of the molecule is CC[C@H](NC(=O)[C@@H]1C[C@@H](OCc2ccc(Cl)cc2)CN1C(=O)[C@@H](CCC1CCNCC1)NS(C)(=O)=O)C(=O)c1nc2cc(Cl)ccc2o1. The lowest BCUT2D eigenvalue weighted by molar-refractivity contribution is -0.140. The third kappa shape index (κ3) is 9.54. The molecule has 260 valence electrons. The molecule has 2 aliphatic heterocycles. The van der Waals surface area contributed by atoms with Crippen molar-refractivity contribution in [2.45, 2.75) is 76.3 Å². The van der Waals surface area contributed by atoms with Gasteiger partial charge in [-0.25, -0.2) is 18.1 Å². The number of sulfonamides is 1. The number of piperidine rings is 1. The largest absolute Gasteiger partial charge is 0.434 e. The number of fused-ring (bicyclic) bond motifs is 1. The maximum Gasteiger partial charge on any atom is 0.266 e. The van der Waals surface area contributed by atoms with E-state index in [-0.39, 0.29) is 38.3 Å². The van der Waals surface area contributed by atoms with Crippen molar-refractivity contribution in [3.05, 3.63) is 64.0 Å². The number of hydrogen-bond donors (Lipinski definition) is 3. The van der Waals surface area contributed by atoms with Crippen LogP contribution in [0.4, 0.5) is 0 Å². The molecule has 3 aromatic rings. The van der Waals surface area contributed by atoms with Gasteiger partial charge in [-0.2, -0.15) is 0 Å². The lowest BCUT2D eigenvalue weighted by atomic mass is 9.91. The van der Waals surface area contributed by atoms with Crippen molar-refractivity contribution in [3.63, 3.8) is 0 Å². The van der Waals surface area contributed by atoms with Crippen molar-refractivity contribution in [3.8, 4) is 0 Å². The van der Waals surface area contributed by atoms with Crippen LogP contribution in [0.1, 0.15) is 61.7 Å².